The highest BCUT2D eigenvalue weighted by atomic mass is 19.3. The standard InChI is InChI=1S/C10H12F2N2O/c1-10(2,8(11)12)9(15)14-7-5-3-4-6-13-7/h3-6,8H,1-2H3,(H,13,14,15). The van der Waals surface area contributed by atoms with Gasteiger partial charge in [0.1, 0.15) is 11.2 Å². The van der Waals surface area contributed by atoms with Crippen molar-refractivity contribution in [1.29, 1.82) is 0 Å². The summed E-state index contributed by atoms with van der Waals surface area (Å²) < 4.78 is 25.0. The third-order valence-electron chi connectivity index (χ3n) is 2.04. The van der Waals surface area contributed by atoms with Crippen molar-refractivity contribution in [1.82, 2.24) is 4.98 Å². The van der Waals surface area contributed by atoms with Crippen molar-refractivity contribution in [2.24, 2.45) is 5.41 Å². The van der Waals surface area contributed by atoms with Gasteiger partial charge in [-0.25, -0.2) is 13.8 Å². The van der Waals surface area contributed by atoms with E-state index in [0.29, 0.717) is 0 Å². The molecule has 15 heavy (non-hydrogen) atoms. The van der Waals surface area contributed by atoms with E-state index in [9.17, 15) is 13.6 Å². The van der Waals surface area contributed by atoms with E-state index in [0.717, 1.165) is 0 Å². The van der Waals surface area contributed by atoms with Crippen LogP contribution in [0.2, 0.25) is 0 Å². The molecule has 0 bridgehead atoms. The van der Waals surface area contributed by atoms with Crippen LogP contribution in [0, 0.1) is 5.41 Å². The molecule has 1 rings (SSSR count). The summed E-state index contributed by atoms with van der Waals surface area (Å²) in [5.41, 5.74) is -1.71. The Morgan fingerprint density at radius 1 is 1.47 bits per heavy atom. The third-order valence-corrected chi connectivity index (χ3v) is 2.04. The van der Waals surface area contributed by atoms with Gasteiger partial charge in [0.25, 0.3) is 6.43 Å². The van der Waals surface area contributed by atoms with Gasteiger partial charge in [-0.3, -0.25) is 4.79 Å². The fourth-order valence-corrected chi connectivity index (χ4v) is 0.813. The van der Waals surface area contributed by atoms with Crippen LogP contribution in [0.5, 0.6) is 0 Å². The van der Waals surface area contributed by atoms with Crippen LogP contribution in [0.15, 0.2) is 24.4 Å². The quantitative estimate of drug-likeness (QED) is 0.838. The van der Waals surface area contributed by atoms with E-state index in [1.807, 2.05) is 0 Å². The molecule has 0 fully saturated rings. The topological polar surface area (TPSA) is 42.0 Å². The van der Waals surface area contributed by atoms with Crippen LogP contribution in [0.4, 0.5) is 14.6 Å². The number of carbonyl (C=O) groups excluding carboxylic acids is 1. The van der Waals surface area contributed by atoms with E-state index in [4.69, 9.17) is 0 Å². The van der Waals surface area contributed by atoms with Crippen molar-refractivity contribution < 1.29 is 13.6 Å². The maximum atomic E-state index is 12.5. The Labute approximate surface area is 86.5 Å². The van der Waals surface area contributed by atoms with Gasteiger partial charge in [0.05, 0.1) is 0 Å². The van der Waals surface area contributed by atoms with Crippen molar-refractivity contribution in [3.8, 4) is 0 Å². The highest BCUT2D eigenvalue weighted by molar-refractivity contribution is 5.94. The molecule has 0 unspecified atom stereocenters. The monoisotopic (exact) mass is 214 g/mol. The lowest BCUT2D eigenvalue weighted by molar-refractivity contribution is -0.131. The summed E-state index contributed by atoms with van der Waals surface area (Å²) >= 11 is 0. The number of alkyl halides is 2. The van der Waals surface area contributed by atoms with Crippen molar-refractivity contribution in [3.63, 3.8) is 0 Å². The lowest BCUT2D eigenvalue weighted by Crippen LogP contribution is -2.37. The summed E-state index contributed by atoms with van der Waals surface area (Å²) in [7, 11) is 0. The summed E-state index contributed by atoms with van der Waals surface area (Å²) in [6.07, 6.45) is -1.23. The summed E-state index contributed by atoms with van der Waals surface area (Å²) in [6, 6.07) is 4.88. The molecule has 0 aliphatic carbocycles. The number of halogens is 2. The Morgan fingerprint density at radius 3 is 2.60 bits per heavy atom. The number of carbonyl (C=O) groups is 1. The Balaban J connectivity index is 2.72. The number of nitrogens with zero attached hydrogens (tertiary/aromatic N) is 1. The molecule has 1 amide bonds. The number of anilines is 1. The summed E-state index contributed by atoms with van der Waals surface area (Å²) in [5, 5.41) is 2.33. The number of pyridine rings is 1. The Kier molecular flexibility index (Phi) is 3.34. The lowest BCUT2D eigenvalue weighted by Gasteiger charge is -2.21. The molecular formula is C10H12F2N2O. The minimum Gasteiger partial charge on any atom is -0.310 e. The number of hydrogen-bond donors (Lipinski definition) is 1. The molecule has 5 heteroatoms. The van der Waals surface area contributed by atoms with E-state index in [1.54, 1.807) is 18.2 Å². The summed E-state index contributed by atoms with van der Waals surface area (Å²) in [5.74, 6) is -0.465. The van der Waals surface area contributed by atoms with Crippen molar-refractivity contribution >= 4 is 11.7 Å². The number of rotatable bonds is 3. The fraction of sp³-hybridized carbons (Fsp3) is 0.400. The van der Waals surface area contributed by atoms with Crippen LogP contribution in [-0.4, -0.2) is 17.3 Å². The molecule has 82 valence electrons. The summed E-state index contributed by atoms with van der Waals surface area (Å²) in [6.45, 7) is 2.38. The van der Waals surface area contributed by atoms with Gasteiger partial charge in [-0.1, -0.05) is 6.07 Å². The van der Waals surface area contributed by atoms with Crippen LogP contribution < -0.4 is 5.32 Å². The predicted molar refractivity (Wildman–Crippen MR) is 52.7 cm³/mol. The molecule has 0 saturated carbocycles. The zero-order valence-electron chi connectivity index (χ0n) is 8.50. The van der Waals surface area contributed by atoms with Crippen molar-refractivity contribution in [3.05, 3.63) is 24.4 Å². The first-order chi connectivity index (χ1) is 6.94. The Bertz CT molecular complexity index is 339. The van der Waals surface area contributed by atoms with Crippen molar-refractivity contribution in [2.75, 3.05) is 5.32 Å². The second-order valence-corrected chi connectivity index (χ2v) is 3.69. The van der Waals surface area contributed by atoms with Crippen LogP contribution in [-0.2, 0) is 4.79 Å². The third kappa shape index (κ3) is 2.71. The molecule has 3 nitrogen and oxygen atoms in total. The van der Waals surface area contributed by atoms with Gasteiger partial charge in [0, 0.05) is 6.20 Å². The number of aromatic nitrogens is 1. The van der Waals surface area contributed by atoms with Crippen molar-refractivity contribution in [2.45, 2.75) is 20.3 Å². The number of nitrogens with one attached hydrogen (secondary N) is 1. The van der Waals surface area contributed by atoms with Gasteiger partial charge in [0.15, 0.2) is 0 Å². The average molecular weight is 214 g/mol. The zero-order valence-corrected chi connectivity index (χ0v) is 8.50. The van der Waals surface area contributed by atoms with Crippen LogP contribution >= 0.6 is 0 Å². The molecular weight excluding hydrogens is 202 g/mol. The Morgan fingerprint density at radius 2 is 2.13 bits per heavy atom. The number of hydrogen-bond acceptors (Lipinski definition) is 2. The normalized spacial score (nSPS) is 11.5. The smallest absolute Gasteiger partial charge is 0.252 e. The first kappa shape index (κ1) is 11.6. The minimum atomic E-state index is -2.71. The highest BCUT2D eigenvalue weighted by Gasteiger charge is 2.37. The predicted octanol–water partition coefficient (Wildman–Crippen LogP) is 2.31. The molecule has 0 aliphatic heterocycles. The molecule has 0 atom stereocenters. The second-order valence-electron chi connectivity index (χ2n) is 3.69. The molecule has 0 aliphatic rings. The van der Waals surface area contributed by atoms with Gasteiger partial charge in [0.2, 0.25) is 5.91 Å². The molecule has 0 aromatic carbocycles. The maximum Gasteiger partial charge on any atom is 0.252 e. The molecule has 1 N–H and O–H groups in total. The van der Waals surface area contributed by atoms with Crippen LogP contribution in [0.1, 0.15) is 13.8 Å². The first-order valence-electron chi connectivity index (χ1n) is 4.45. The maximum absolute atomic E-state index is 12.5. The van der Waals surface area contributed by atoms with E-state index >= 15 is 0 Å². The molecule has 0 spiro atoms. The molecule has 0 radical (unpaired) electrons. The zero-order chi connectivity index (χ0) is 11.5. The lowest BCUT2D eigenvalue weighted by atomic mass is 9.93. The van der Waals surface area contributed by atoms with Crippen LogP contribution in [0.25, 0.3) is 0 Å². The SMILES string of the molecule is CC(C)(C(=O)Nc1ccccn1)C(F)F. The summed E-state index contributed by atoms with van der Waals surface area (Å²) in [4.78, 5) is 15.3. The molecule has 1 aromatic heterocycles. The second kappa shape index (κ2) is 4.33. The Hall–Kier alpha value is -1.52. The number of amides is 1. The van der Waals surface area contributed by atoms with E-state index in [2.05, 4.69) is 10.3 Å². The van der Waals surface area contributed by atoms with Crippen LogP contribution in [0.3, 0.4) is 0 Å². The molecule has 0 saturated heterocycles. The largest absolute Gasteiger partial charge is 0.310 e. The minimum absolute atomic E-state index is 0.274. The molecule has 1 aromatic rings. The van der Waals surface area contributed by atoms with Gasteiger partial charge in [-0.2, -0.15) is 0 Å². The van der Waals surface area contributed by atoms with Gasteiger partial charge in [-0.05, 0) is 26.0 Å². The van der Waals surface area contributed by atoms with E-state index in [-0.39, 0.29) is 5.82 Å². The fourth-order valence-electron chi connectivity index (χ4n) is 0.813. The van der Waals surface area contributed by atoms with Gasteiger partial charge >= 0.3 is 0 Å². The average Bonchev–Trinajstić information content (AvgIpc) is 2.18. The van der Waals surface area contributed by atoms with E-state index in [1.165, 1.54) is 20.0 Å². The molecule has 1 heterocycles. The van der Waals surface area contributed by atoms with Gasteiger partial charge in [-0.15, -0.1) is 0 Å². The van der Waals surface area contributed by atoms with Gasteiger partial charge < -0.3 is 5.32 Å². The van der Waals surface area contributed by atoms with E-state index < -0.39 is 17.7 Å². The highest BCUT2D eigenvalue weighted by Crippen LogP contribution is 2.26. The first-order valence-corrected chi connectivity index (χ1v) is 4.45.